The number of phenolic OH excluding ortho intramolecular Hbond substituents is 1. The Bertz CT molecular complexity index is 1470. The largest absolute Gasteiger partial charge is 0.507 e. The van der Waals surface area contributed by atoms with E-state index in [1.165, 1.54) is 11.0 Å². The number of phenols is 1. The lowest BCUT2D eigenvalue weighted by Crippen LogP contribution is -2.74. The summed E-state index contributed by atoms with van der Waals surface area (Å²) >= 11 is 0. The number of benzene rings is 1. The Kier molecular flexibility index (Phi) is 6.01. The highest BCUT2D eigenvalue weighted by Crippen LogP contribution is 2.50. The van der Waals surface area contributed by atoms with Gasteiger partial charge >= 0.3 is 0 Å². The van der Waals surface area contributed by atoms with Gasteiger partial charge in [0.05, 0.1) is 17.5 Å². The van der Waals surface area contributed by atoms with Crippen LogP contribution >= 0.6 is 0 Å². The van der Waals surface area contributed by atoms with Crippen molar-refractivity contribution in [2.24, 2.45) is 29.4 Å². The van der Waals surface area contributed by atoms with Gasteiger partial charge in [-0.3, -0.25) is 33.9 Å². The summed E-state index contributed by atoms with van der Waals surface area (Å²) in [5, 5.41) is 22.2. The molecule has 194 valence electrons. The number of carbonyl (C=O) groups excluding carboxylic acids is 5. The molecule has 2 aromatic rings. The van der Waals surface area contributed by atoms with Crippen LogP contribution in [-0.4, -0.2) is 74.9 Å². The minimum Gasteiger partial charge on any atom is -0.507 e. The third-order valence-electron chi connectivity index (χ3n) is 7.95. The van der Waals surface area contributed by atoms with Crippen LogP contribution in [0.2, 0.25) is 0 Å². The zero-order valence-electron chi connectivity index (χ0n) is 20.7. The molecule has 0 radical (unpaired) electrons. The number of hydrogen-bond donors (Lipinski definition) is 3. The van der Waals surface area contributed by atoms with E-state index in [1.54, 1.807) is 44.7 Å². The van der Waals surface area contributed by atoms with Crippen LogP contribution in [0.1, 0.15) is 33.5 Å². The second kappa shape index (κ2) is 8.97. The molecule has 3 aliphatic carbocycles. The highest BCUT2D eigenvalue weighted by molar-refractivity contribution is 6.32. The molecule has 0 bridgehead atoms. The Hall–Kier alpha value is -4.20. The van der Waals surface area contributed by atoms with E-state index < -0.39 is 64.4 Å². The van der Waals surface area contributed by atoms with Gasteiger partial charge in [-0.2, -0.15) is 0 Å². The molecule has 38 heavy (non-hydrogen) atoms. The molecule has 6 atom stereocenters. The summed E-state index contributed by atoms with van der Waals surface area (Å²) < 4.78 is 0. The lowest BCUT2D eigenvalue weighted by atomic mass is 9.52. The van der Waals surface area contributed by atoms with Crippen molar-refractivity contribution in [3.8, 4) is 17.6 Å². The van der Waals surface area contributed by atoms with Crippen molar-refractivity contribution in [3.05, 3.63) is 58.9 Å². The predicted molar refractivity (Wildman–Crippen MR) is 132 cm³/mol. The molecule has 0 spiro atoms. The minimum absolute atomic E-state index is 0.0188. The van der Waals surface area contributed by atoms with Gasteiger partial charge in [-0.1, -0.05) is 11.8 Å². The number of fused-ring (bicyclic) bond motifs is 3. The van der Waals surface area contributed by atoms with Gasteiger partial charge in [0, 0.05) is 29.4 Å². The van der Waals surface area contributed by atoms with Gasteiger partial charge in [0.2, 0.25) is 5.91 Å². The van der Waals surface area contributed by atoms with Gasteiger partial charge in [-0.25, -0.2) is 0 Å². The van der Waals surface area contributed by atoms with E-state index in [0.717, 1.165) is 0 Å². The standard InChI is InChI=1S/C28H25N3O7/c1-31(2)22-17-11-15-10-16-14(6-5-13-4-3-9-30-12-13)7-8-18(32)20(16)23(33)19(15)25(35)28(17,38)26(36)21(24(22)34)27(29)37/h3-4,7-9,12,15,17,19,21-22,32,38H,10-11H2,1-2H3,(H2,29,37)/t15-,17-,19?,21?,22-,28-/m0/s1. The van der Waals surface area contributed by atoms with Crippen molar-refractivity contribution < 1.29 is 34.2 Å². The Morgan fingerprint density at radius 3 is 2.50 bits per heavy atom. The number of aliphatic hydroxyl groups is 1. The quantitative estimate of drug-likeness (QED) is 0.358. The van der Waals surface area contributed by atoms with Gasteiger partial charge in [-0.15, -0.1) is 0 Å². The Morgan fingerprint density at radius 2 is 1.87 bits per heavy atom. The lowest BCUT2D eigenvalue weighted by molar-refractivity contribution is -0.181. The van der Waals surface area contributed by atoms with Crippen molar-refractivity contribution in [2.75, 3.05) is 14.1 Å². The molecule has 2 fully saturated rings. The summed E-state index contributed by atoms with van der Waals surface area (Å²) in [4.78, 5) is 71.5. The van der Waals surface area contributed by atoms with Crippen LogP contribution in [0.3, 0.4) is 0 Å². The summed E-state index contributed by atoms with van der Waals surface area (Å²) in [5.74, 6) is -4.79. The van der Waals surface area contributed by atoms with Crippen LogP contribution < -0.4 is 5.73 Å². The second-order valence-corrected chi connectivity index (χ2v) is 10.3. The first-order valence-corrected chi connectivity index (χ1v) is 12.1. The molecule has 1 heterocycles. The van der Waals surface area contributed by atoms with Gasteiger partial charge in [0.25, 0.3) is 0 Å². The molecule has 2 saturated carbocycles. The molecule has 10 nitrogen and oxygen atoms in total. The summed E-state index contributed by atoms with van der Waals surface area (Å²) in [7, 11) is 3.08. The van der Waals surface area contributed by atoms with Crippen molar-refractivity contribution in [3.63, 3.8) is 0 Å². The highest BCUT2D eigenvalue weighted by Gasteiger charge is 2.69. The Balaban J connectivity index is 1.62. The number of carbonyl (C=O) groups is 5. The van der Waals surface area contributed by atoms with Crippen molar-refractivity contribution in [1.29, 1.82) is 0 Å². The molecule has 0 saturated heterocycles. The maximum Gasteiger partial charge on any atom is 0.235 e. The van der Waals surface area contributed by atoms with Crippen LogP contribution in [0, 0.1) is 35.5 Å². The van der Waals surface area contributed by atoms with E-state index in [1.807, 2.05) is 0 Å². The normalized spacial score (nSPS) is 30.2. The van der Waals surface area contributed by atoms with Gasteiger partial charge < -0.3 is 15.9 Å². The average molecular weight is 516 g/mol. The van der Waals surface area contributed by atoms with E-state index in [4.69, 9.17) is 5.73 Å². The minimum atomic E-state index is -2.75. The number of nitrogens with two attached hydrogens (primary N) is 1. The van der Waals surface area contributed by atoms with Crippen molar-refractivity contribution >= 4 is 29.0 Å². The van der Waals surface area contributed by atoms with Crippen molar-refractivity contribution in [1.82, 2.24) is 9.88 Å². The molecule has 4 N–H and O–H groups in total. The number of nitrogens with zero attached hydrogens (tertiary/aromatic N) is 2. The van der Waals surface area contributed by atoms with E-state index in [0.29, 0.717) is 16.7 Å². The first-order valence-electron chi connectivity index (χ1n) is 12.1. The van der Waals surface area contributed by atoms with E-state index in [2.05, 4.69) is 16.8 Å². The van der Waals surface area contributed by atoms with Gasteiger partial charge in [0.15, 0.2) is 34.7 Å². The number of Topliss-reactive ketones (excluding diaryl/α,β-unsaturated/α-hetero) is 4. The number of amides is 1. The number of rotatable bonds is 2. The molecule has 2 unspecified atom stereocenters. The van der Waals surface area contributed by atoms with E-state index in [9.17, 15) is 34.2 Å². The molecular weight excluding hydrogens is 490 g/mol. The number of pyridine rings is 1. The molecule has 1 amide bonds. The number of primary amides is 1. The summed E-state index contributed by atoms with van der Waals surface area (Å²) in [6, 6.07) is 5.25. The third kappa shape index (κ3) is 3.58. The molecule has 1 aromatic carbocycles. The van der Waals surface area contributed by atoms with Crippen LogP contribution in [0.15, 0.2) is 36.7 Å². The zero-order valence-corrected chi connectivity index (χ0v) is 20.7. The number of likely N-dealkylation sites (N-methyl/N-ethyl adjacent to an activating group) is 1. The molecular formula is C28H25N3O7. The van der Waals surface area contributed by atoms with Crippen molar-refractivity contribution in [2.45, 2.75) is 24.5 Å². The summed E-state index contributed by atoms with van der Waals surface area (Å²) in [5.41, 5.74) is 4.07. The highest BCUT2D eigenvalue weighted by atomic mass is 16.3. The van der Waals surface area contributed by atoms with Crippen LogP contribution in [-0.2, 0) is 25.6 Å². The summed E-state index contributed by atoms with van der Waals surface area (Å²) in [6.07, 6.45) is 3.33. The predicted octanol–water partition coefficient (Wildman–Crippen LogP) is -0.338. The fourth-order valence-electron chi connectivity index (χ4n) is 6.30. The molecule has 5 rings (SSSR count). The SMILES string of the molecule is CN(C)[C@@H]1C(=O)C(C(N)=O)C(=O)[C@@]2(O)C(=O)C3C(=O)c4c(O)ccc(C#Cc5cccnc5)c4C[C@H]3C[C@@H]12. The first-order chi connectivity index (χ1) is 18.0. The second-order valence-electron chi connectivity index (χ2n) is 10.3. The molecule has 1 aromatic heterocycles. The first kappa shape index (κ1) is 25.4. The number of aromatic nitrogens is 1. The van der Waals surface area contributed by atoms with Crippen LogP contribution in [0.5, 0.6) is 5.75 Å². The monoisotopic (exact) mass is 515 g/mol. The third-order valence-corrected chi connectivity index (χ3v) is 7.95. The number of hydrogen-bond acceptors (Lipinski definition) is 9. The maximum atomic E-state index is 13.8. The van der Waals surface area contributed by atoms with E-state index >= 15 is 0 Å². The van der Waals surface area contributed by atoms with E-state index in [-0.39, 0.29) is 24.2 Å². The van der Waals surface area contributed by atoms with Gasteiger partial charge in [-0.05, 0) is 62.7 Å². The van der Waals surface area contributed by atoms with Gasteiger partial charge in [0.1, 0.15) is 5.75 Å². The maximum absolute atomic E-state index is 13.8. The Morgan fingerprint density at radius 1 is 1.13 bits per heavy atom. The average Bonchev–Trinajstić information content (AvgIpc) is 2.86. The smallest absolute Gasteiger partial charge is 0.235 e. The molecule has 3 aliphatic rings. The molecule has 0 aliphatic heterocycles. The summed E-state index contributed by atoms with van der Waals surface area (Å²) in [6.45, 7) is 0. The van der Waals surface area contributed by atoms with Crippen LogP contribution in [0.25, 0.3) is 0 Å². The Labute approximate surface area is 217 Å². The fourth-order valence-corrected chi connectivity index (χ4v) is 6.30. The fraction of sp³-hybridized carbons (Fsp3) is 0.357. The molecule has 10 heteroatoms. The van der Waals surface area contributed by atoms with Crippen LogP contribution in [0.4, 0.5) is 0 Å². The zero-order chi connectivity index (χ0) is 27.5. The number of ketones is 4. The number of aromatic hydroxyl groups is 1. The topological polar surface area (TPSA) is 168 Å². The lowest BCUT2D eigenvalue weighted by Gasteiger charge is -2.52.